The minimum absolute atomic E-state index is 0.182. The fourth-order valence-electron chi connectivity index (χ4n) is 1.60. The number of hydrogen-bond acceptors (Lipinski definition) is 4. The molecule has 0 radical (unpaired) electrons. The van der Waals surface area contributed by atoms with Crippen LogP contribution in [0.5, 0.6) is 0 Å². The number of nitrogens with zero attached hydrogens (tertiary/aromatic N) is 2. The molecule has 18 heavy (non-hydrogen) atoms. The lowest BCUT2D eigenvalue weighted by atomic mass is 10.2. The molecule has 1 atom stereocenters. The van der Waals surface area contributed by atoms with E-state index in [2.05, 4.69) is 33.0 Å². The summed E-state index contributed by atoms with van der Waals surface area (Å²) in [5.41, 5.74) is 6.75. The maximum absolute atomic E-state index is 5.94. The molecule has 0 aliphatic heterocycles. The van der Waals surface area contributed by atoms with E-state index in [0.29, 0.717) is 16.7 Å². The van der Waals surface area contributed by atoms with Gasteiger partial charge in [0.1, 0.15) is 0 Å². The van der Waals surface area contributed by atoms with Crippen molar-refractivity contribution in [2.24, 2.45) is 5.73 Å². The second-order valence-electron chi connectivity index (χ2n) is 3.98. The lowest BCUT2D eigenvalue weighted by Gasteiger charge is -2.02. The Bertz CT molecular complexity index is 544. The van der Waals surface area contributed by atoms with Gasteiger partial charge in [0.05, 0.1) is 11.6 Å². The van der Waals surface area contributed by atoms with Gasteiger partial charge >= 0.3 is 0 Å². The van der Waals surface area contributed by atoms with E-state index < -0.39 is 0 Å². The molecule has 4 nitrogen and oxygen atoms in total. The van der Waals surface area contributed by atoms with Crippen LogP contribution in [0.4, 0.5) is 0 Å². The van der Waals surface area contributed by atoms with Crippen LogP contribution in [-0.4, -0.2) is 10.1 Å². The Hall–Kier alpha value is -0.910. The van der Waals surface area contributed by atoms with Crippen molar-refractivity contribution in [3.8, 4) is 11.5 Å². The molecule has 1 heterocycles. The number of aromatic nitrogens is 2. The summed E-state index contributed by atoms with van der Waals surface area (Å²) >= 11 is 9.30. The highest BCUT2D eigenvalue weighted by Gasteiger charge is 2.16. The lowest BCUT2D eigenvalue weighted by Crippen LogP contribution is -2.11. The summed E-state index contributed by atoms with van der Waals surface area (Å²) < 4.78 is 6.04. The van der Waals surface area contributed by atoms with Gasteiger partial charge in [0.15, 0.2) is 5.82 Å². The lowest BCUT2D eigenvalue weighted by molar-refractivity contribution is 0.413. The summed E-state index contributed by atoms with van der Waals surface area (Å²) in [5.74, 6) is 0.980. The fraction of sp³-hybridized carbons (Fsp3) is 0.333. The topological polar surface area (TPSA) is 64.9 Å². The summed E-state index contributed by atoms with van der Waals surface area (Å²) in [4.78, 5) is 4.31. The molecule has 0 amide bonds. The van der Waals surface area contributed by atoms with Crippen LogP contribution in [0.15, 0.2) is 27.2 Å². The molecular formula is C12H13BrClN3O. The average Bonchev–Trinajstić information content (AvgIpc) is 2.78. The molecule has 0 fully saturated rings. The third-order valence-electron chi connectivity index (χ3n) is 2.53. The molecule has 2 aromatic rings. The molecule has 2 rings (SSSR count). The molecule has 0 saturated heterocycles. The summed E-state index contributed by atoms with van der Waals surface area (Å²) in [6.07, 6.45) is 1.82. The number of hydrogen-bond donors (Lipinski definition) is 1. The standard InChI is InChI=1S/C12H13BrClN3O/c1-2-3-10(15)11-16-12(18-17-11)8-5-4-7(14)6-9(8)13/h4-6,10H,2-3,15H2,1H3. The highest BCUT2D eigenvalue weighted by Crippen LogP contribution is 2.30. The summed E-state index contributed by atoms with van der Waals surface area (Å²) in [7, 11) is 0. The van der Waals surface area contributed by atoms with Crippen LogP contribution in [0.25, 0.3) is 11.5 Å². The van der Waals surface area contributed by atoms with Gasteiger partial charge in [-0.25, -0.2) is 0 Å². The third kappa shape index (κ3) is 2.91. The van der Waals surface area contributed by atoms with Gasteiger partial charge in [-0.15, -0.1) is 0 Å². The Morgan fingerprint density at radius 1 is 1.50 bits per heavy atom. The number of halogens is 2. The molecule has 0 saturated carbocycles. The maximum Gasteiger partial charge on any atom is 0.259 e. The van der Waals surface area contributed by atoms with Gasteiger partial charge in [0.2, 0.25) is 0 Å². The van der Waals surface area contributed by atoms with E-state index in [-0.39, 0.29) is 6.04 Å². The second-order valence-corrected chi connectivity index (χ2v) is 5.27. The maximum atomic E-state index is 5.94. The highest BCUT2D eigenvalue weighted by molar-refractivity contribution is 9.10. The first-order valence-corrected chi connectivity index (χ1v) is 6.83. The Morgan fingerprint density at radius 3 is 2.94 bits per heavy atom. The van der Waals surface area contributed by atoms with Crippen LogP contribution in [0.3, 0.4) is 0 Å². The van der Waals surface area contributed by atoms with Crippen molar-refractivity contribution in [2.75, 3.05) is 0 Å². The normalized spacial score (nSPS) is 12.7. The van der Waals surface area contributed by atoms with E-state index in [1.54, 1.807) is 12.1 Å². The molecule has 1 aromatic carbocycles. The molecule has 0 aliphatic carbocycles. The Morgan fingerprint density at radius 2 is 2.28 bits per heavy atom. The predicted octanol–water partition coefficient (Wildman–Crippen LogP) is 3.95. The van der Waals surface area contributed by atoms with Crippen LogP contribution in [0.2, 0.25) is 5.02 Å². The quantitative estimate of drug-likeness (QED) is 0.921. The van der Waals surface area contributed by atoms with Gasteiger partial charge in [-0.1, -0.05) is 30.1 Å². The van der Waals surface area contributed by atoms with Crippen LogP contribution >= 0.6 is 27.5 Å². The van der Waals surface area contributed by atoms with Crippen LogP contribution in [-0.2, 0) is 0 Å². The predicted molar refractivity (Wildman–Crippen MR) is 74.3 cm³/mol. The zero-order valence-corrected chi connectivity index (χ0v) is 12.2. The van der Waals surface area contributed by atoms with Crippen LogP contribution in [0, 0.1) is 0 Å². The Balaban J connectivity index is 2.29. The second kappa shape index (κ2) is 5.82. The largest absolute Gasteiger partial charge is 0.334 e. The Kier molecular flexibility index (Phi) is 4.37. The van der Waals surface area contributed by atoms with E-state index in [4.69, 9.17) is 21.9 Å². The van der Waals surface area contributed by atoms with Crippen molar-refractivity contribution in [2.45, 2.75) is 25.8 Å². The summed E-state index contributed by atoms with van der Waals surface area (Å²) in [6, 6.07) is 5.21. The molecule has 0 bridgehead atoms. The monoisotopic (exact) mass is 329 g/mol. The third-order valence-corrected chi connectivity index (χ3v) is 3.43. The van der Waals surface area contributed by atoms with Crippen molar-refractivity contribution in [3.05, 3.63) is 33.5 Å². The fourth-order valence-corrected chi connectivity index (χ4v) is 2.45. The van der Waals surface area contributed by atoms with E-state index in [9.17, 15) is 0 Å². The zero-order chi connectivity index (χ0) is 13.1. The molecule has 1 aromatic heterocycles. The van der Waals surface area contributed by atoms with Crippen molar-refractivity contribution in [1.82, 2.24) is 10.1 Å². The van der Waals surface area contributed by atoms with E-state index in [1.165, 1.54) is 0 Å². The van der Waals surface area contributed by atoms with E-state index in [1.807, 2.05) is 6.07 Å². The minimum Gasteiger partial charge on any atom is -0.334 e. The van der Waals surface area contributed by atoms with Gasteiger partial charge in [0.25, 0.3) is 5.89 Å². The van der Waals surface area contributed by atoms with Crippen LogP contribution in [0.1, 0.15) is 31.6 Å². The van der Waals surface area contributed by atoms with E-state index in [0.717, 1.165) is 22.9 Å². The molecule has 0 aliphatic rings. The van der Waals surface area contributed by atoms with Gasteiger partial charge in [-0.3, -0.25) is 0 Å². The first kappa shape index (κ1) is 13.5. The molecule has 2 N–H and O–H groups in total. The van der Waals surface area contributed by atoms with Crippen molar-refractivity contribution in [3.63, 3.8) is 0 Å². The molecule has 6 heteroatoms. The number of benzene rings is 1. The Labute approximate surface area is 119 Å². The number of rotatable bonds is 4. The van der Waals surface area contributed by atoms with Crippen molar-refractivity contribution >= 4 is 27.5 Å². The van der Waals surface area contributed by atoms with Gasteiger partial charge in [-0.2, -0.15) is 4.98 Å². The summed E-state index contributed by atoms with van der Waals surface area (Å²) in [5, 5.41) is 4.56. The zero-order valence-electron chi connectivity index (χ0n) is 9.86. The molecule has 1 unspecified atom stereocenters. The van der Waals surface area contributed by atoms with Crippen molar-refractivity contribution < 1.29 is 4.52 Å². The van der Waals surface area contributed by atoms with Gasteiger partial charge < -0.3 is 10.3 Å². The first-order chi connectivity index (χ1) is 8.61. The molecule has 0 spiro atoms. The SMILES string of the molecule is CCCC(N)c1noc(-c2ccc(Cl)cc2Br)n1. The summed E-state index contributed by atoms with van der Waals surface area (Å²) in [6.45, 7) is 2.07. The van der Waals surface area contributed by atoms with E-state index >= 15 is 0 Å². The van der Waals surface area contributed by atoms with Gasteiger partial charge in [0, 0.05) is 9.50 Å². The smallest absolute Gasteiger partial charge is 0.259 e. The first-order valence-electron chi connectivity index (χ1n) is 5.66. The molecule has 96 valence electrons. The van der Waals surface area contributed by atoms with Gasteiger partial charge in [-0.05, 0) is 40.5 Å². The minimum atomic E-state index is -0.182. The molecular weight excluding hydrogens is 318 g/mol. The van der Waals surface area contributed by atoms with Crippen molar-refractivity contribution in [1.29, 1.82) is 0 Å². The highest BCUT2D eigenvalue weighted by atomic mass is 79.9. The number of nitrogens with two attached hydrogens (primary N) is 1. The van der Waals surface area contributed by atoms with Crippen LogP contribution < -0.4 is 5.73 Å². The average molecular weight is 331 g/mol.